The molecule has 3 aromatic rings. The first-order valence-electron chi connectivity index (χ1n) is 8.14. The lowest BCUT2D eigenvalue weighted by Crippen LogP contribution is -1.99. The third kappa shape index (κ3) is 5.59. The maximum atomic E-state index is 12.3. The van der Waals surface area contributed by atoms with Crippen LogP contribution >= 0.6 is 11.8 Å². The lowest BCUT2D eigenvalue weighted by molar-refractivity contribution is -0.0328. The number of alkyl halides is 3. The van der Waals surface area contributed by atoms with Gasteiger partial charge in [0.15, 0.2) is 5.78 Å². The van der Waals surface area contributed by atoms with Crippen LogP contribution in [0.3, 0.4) is 0 Å². The Morgan fingerprint density at radius 1 is 0.778 bits per heavy atom. The average molecular weight is 384 g/mol. The first-order valence-corrected chi connectivity index (χ1v) is 8.96. The molecular weight excluding hydrogens is 369 g/mol. The molecule has 3 rings (SSSR count). The maximum absolute atomic E-state index is 12.3. The second kappa shape index (κ2) is 8.27. The summed E-state index contributed by atoms with van der Waals surface area (Å²) >= 11 is -0.198. The van der Waals surface area contributed by atoms with Gasteiger partial charge in [-0.15, -0.1) is 0 Å². The van der Waals surface area contributed by atoms with Crippen molar-refractivity contribution in [3.8, 4) is 11.1 Å². The SMILES string of the molecule is O=C(C=Cc1ccc(-c2ccccc2)cc1)c1ccc(SC(F)(F)F)cc1. The van der Waals surface area contributed by atoms with E-state index >= 15 is 0 Å². The Hall–Kier alpha value is -2.79. The van der Waals surface area contributed by atoms with E-state index in [-0.39, 0.29) is 22.4 Å². The van der Waals surface area contributed by atoms with Gasteiger partial charge in [-0.05, 0) is 58.8 Å². The Labute approximate surface area is 159 Å². The molecule has 0 aromatic heterocycles. The molecule has 27 heavy (non-hydrogen) atoms. The van der Waals surface area contributed by atoms with Gasteiger partial charge in [0, 0.05) is 10.5 Å². The Bertz CT molecular complexity index is 928. The fraction of sp³-hybridized carbons (Fsp3) is 0.0455. The predicted octanol–water partition coefficient (Wildman–Crippen LogP) is 6.86. The largest absolute Gasteiger partial charge is 0.446 e. The molecule has 136 valence electrons. The Morgan fingerprint density at radius 3 is 1.96 bits per heavy atom. The number of carbonyl (C=O) groups is 1. The van der Waals surface area contributed by atoms with Crippen LogP contribution < -0.4 is 0 Å². The minimum atomic E-state index is -4.34. The number of hydrogen-bond donors (Lipinski definition) is 0. The van der Waals surface area contributed by atoms with Crippen molar-refractivity contribution in [1.82, 2.24) is 0 Å². The van der Waals surface area contributed by atoms with Gasteiger partial charge in [0.05, 0.1) is 0 Å². The molecule has 0 aliphatic heterocycles. The molecule has 0 aliphatic rings. The normalized spacial score (nSPS) is 11.7. The maximum Gasteiger partial charge on any atom is 0.446 e. The van der Waals surface area contributed by atoms with Crippen LogP contribution in [0.25, 0.3) is 17.2 Å². The van der Waals surface area contributed by atoms with E-state index < -0.39 is 5.51 Å². The van der Waals surface area contributed by atoms with Crippen LogP contribution in [0.5, 0.6) is 0 Å². The van der Waals surface area contributed by atoms with E-state index in [0.717, 1.165) is 16.7 Å². The molecule has 0 heterocycles. The van der Waals surface area contributed by atoms with Crippen molar-refractivity contribution in [1.29, 1.82) is 0 Å². The van der Waals surface area contributed by atoms with Gasteiger partial charge in [0.2, 0.25) is 0 Å². The average Bonchev–Trinajstić information content (AvgIpc) is 2.66. The van der Waals surface area contributed by atoms with Gasteiger partial charge in [-0.3, -0.25) is 4.79 Å². The zero-order valence-electron chi connectivity index (χ0n) is 14.1. The molecule has 0 fully saturated rings. The monoisotopic (exact) mass is 384 g/mol. The molecule has 0 saturated heterocycles. The minimum Gasteiger partial charge on any atom is -0.289 e. The van der Waals surface area contributed by atoms with E-state index in [2.05, 4.69) is 0 Å². The molecule has 0 N–H and O–H groups in total. The molecule has 0 radical (unpaired) electrons. The molecule has 0 bridgehead atoms. The van der Waals surface area contributed by atoms with Crippen molar-refractivity contribution in [2.45, 2.75) is 10.4 Å². The third-order valence-electron chi connectivity index (χ3n) is 3.82. The fourth-order valence-corrected chi connectivity index (χ4v) is 3.05. The van der Waals surface area contributed by atoms with Crippen LogP contribution in [0.1, 0.15) is 15.9 Å². The van der Waals surface area contributed by atoms with E-state index in [0.29, 0.717) is 5.56 Å². The number of ketones is 1. The first kappa shape index (κ1) is 19.0. The highest BCUT2D eigenvalue weighted by molar-refractivity contribution is 8.00. The van der Waals surface area contributed by atoms with Crippen LogP contribution in [0, 0.1) is 0 Å². The fourth-order valence-electron chi connectivity index (χ4n) is 2.51. The topological polar surface area (TPSA) is 17.1 Å². The van der Waals surface area contributed by atoms with Gasteiger partial charge in [-0.1, -0.05) is 60.7 Å². The number of thioether (sulfide) groups is 1. The molecule has 1 nitrogen and oxygen atoms in total. The van der Waals surface area contributed by atoms with Crippen LogP contribution in [0.15, 0.2) is 89.8 Å². The van der Waals surface area contributed by atoms with E-state index in [1.54, 1.807) is 6.08 Å². The zero-order chi connectivity index (χ0) is 19.3. The molecular formula is C22H15F3OS. The number of carbonyl (C=O) groups excluding carboxylic acids is 1. The third-order valence-corrected chi connectivity index (χ3v) is 4.56. The standard InChI is InChI=1S/C22H15F3OS/c23-22(24,25)27-20-13-11-19(12-14-20)21(26)15-8-16-6-9-18(10-7-16)17-4-2-1-3-5-17/h1-15H. The second-order valence-electron chi connectivity index (χ2n) is 5.76. The van der Waals surface area contributed by atoms with Crippen molar-refractivity contribution >= 4 is 23.6 Å². The molecule has 0 spiro atoms. The van der Waals surface area contributed by atoms with Crippen LogP contribution in [0.2, 0.25) is 0 Å². The second-order valence-corrected chi connectivity index (χ2v) is 6.90. The smallest absolute Gasteiger partial charge is 0.289 e. The number of halogens is 3. The summed E-state index contributed by atoms with van der Waals surface area (Å²) in [6.07, 6.45) is 3.11. The van der Waals surface area contributed by atoms with Crippen LogP contribution in [-0.2, 0) is 0 Å². The van der Waals surface area contributed by atoms with Crippen LogP contribution in [0.4, 0.5) is 13.2 Å². The highest BCUT2D eigenvalue weighted by atomic mass is 32.2. The molecule has 5 heteroatoms. The number of rotatable bonds is 5. The number of hydrogen-bond acceptors (Lipinski definition) is 2. The lowest BCUT2D eigenvalue weighted by atomic mass is 10.0. The molecule has 3 aromatic carbocycles. The Kier molecular flexibility index (Phi) is 5.81. The summed E-state index contributed by atoms with van der Waals surface area (Å²) in [7, 11) is 0. The molecule has 0 unspecified atom stereocenters. The van der Waals surface area contributed by atoms with Gasteiger partial charge < -0.3 is 0 Å². The van der Waals surface area contributed by atoms with E-state index in [1.807, 2.05) is 54.6 Å². The highest BCUT2D eigenvalue weighted by Crippen LogP contribution is 2.36. The van der Waals surface area contributed by atoms with Gasteiger partial charge in [-0.25, -0.2) is 0 Å². The first-order chi connectivity index (χ1) is 12.9. The van der Waals surface area contributed by atoms with E-state index in [9.17, 15) is 18.0 Å². The number of allylic oxidation sites excluding steroid dienone is 1. The van der Waals surface area contributed by atoms with Crippen molar-refractivity contribution in [3.63, 3.8) is 0 Å². The Balaban J connectivity index is 1.66. The van der Waals surface area contributed by atoms with Gasteiger partial charge in [-0.2, -0.15) is 13.2 Å². The minimum absolute atomic E-state index is 0.0551. The van der Waals surface area contributed by atoms with Crippen molar-refractivity contribution < 1.29 is 18.0 Å². The summed E-state index contributed by atoms with van der Waals surface area (Å²) in [5, 5.41) is 0. The highest BCUT2D eigenvalue weighted by Gasteiger charge is 2.29. The predicted molar refractivity (Wildman–Crippen MR) is 104 cm³/mol. The molecule has 0 aliphatic carbocycles. The van der Waals surface area contributed by atoms with Crippen LogP contribution in [-0.4, -0.2) is 11.3 Å². The summed E-state index contributed by atoms with van der Waals surface area (Å²) in [6, 6.07) is 23.1. The van der Waals surface area contributed by atoms with E-state index in [4.69, 9.17) is 0 Å². The van der Waals surface area contributed by atoms with Crippen molar-refractivity contribution in [3.05, 3.63) is 96.1 Å². The quantitative estimate of drug-likeness (QED) is 0.271. The summed E-state index contributed by atoms with van der Waals surface area (Å²) < 4.78 is 37.0. The summed E-state index contributed by atoms with van der Waals surface area (Å²) in [5.74, 6) is -0.259. The Morgan fingerprint density at radius 2 is 1.37 bits per heavy atom. The lowest BCUT2D eigenvalue weighted by Gasteiger charge is -2.05. The van der Waals surface area contributed by atoms with Gasteiger partial charge in [0.25, 0.3) is 0 Å². The number of benzene rings is 3. The van der Waals surface area contributed by atoms with Crippen molar-refractivity contribution in [2.75, 3.05) is 0 Å². The van der Waals surface area contributed by atoms with Gasteiger partial charge in [0.1, 0.15) is 0 Å². The molecule has 0 amide bonds. The summed E-state index contributed by atoms with van der Waals surface area (Å²) in [5.41, 5.74) is -0.930. The molecule has 0 saturated carbocycles. The summed E-state index contributed by atoms with van der Waals surface area (Å²) in [6.45, 7) is 0. The van der Waals surface area contributed by atoms with E-state index in [1.165, 1.54) is 30.3 Å². The molecule has 0 atom stereocenters. The summed E-state index contributed by atoms with van der Waals surface area (Å²) in [4.78, 5) is 12.2. The van der Waals surface area contributed by atoms with Gasteiger partial charge >= 0.3 is 5.51 Å². The van der Waals surface area contributed by atoms with Crippen molar-refractivity contribution in [2.24, 2.45) is 0 Å². The zero-order valence-corrected chi connectivity index (χ0v) is 14.9.